The number of aromatic nitrogens is 2. The van der Waals surface area contributed by atoms with Crippen molar-refractivity contribution in [2.24, 2.45) is 0 Å². The molecule has 1 aliphatic rings. The van der Waals surface area contributed by atoms with Gasteiger partial charge in [0.1, 0.15) is 0 Å². The third kappa shape index (κ3) is 3.15. The summed E-state index contributed by atoms with van der Waals surface area (Å²) in [6, 6.07) is 14.3. The van der Waals surface area contributed by atoms with Crippen molar-refractivity contribution in [1.29, 1.82) is 0 Å². The van der Waals surface area contributed by atoms with Crippen LogP contribution in [0.15, 0.2) is 60.1 Å². The number of carbonyl (C=O) groups is 1. The van der Waals surface area contributed by atoms with E-state index in [9.17, 15) is 4.79 Å². The highest BCUT2D eigenvalue weighted by atomic mass is 32.1. The number of carbonyl (C=O) groups excluding carboxylic acids is 1. The van der Waals surface area contributed by atoms with Gasteiger partial charge in [-0.05, 0) is 30.7 Å². The topological polar surface area (TPSA) is 38.1 Å². The number of nitrogens with zero attached hydrogens (tertiary/aromatic N) is 3. The lowest BCUT2D eigenvalue weighted by molar-refractivity contribution is -0.128. The summed E-state index contributed by atoms with van der Waals surface area (Å²) in [5.74, 6) is 0.0203. The van der Waals surface area contributed by atoms with E-state index in [4.69, 9.17) is 0 Å². The predicted molar refractivity (Wildman–Crippen MR) is 100 cm³/mol. The van der Waals surface area contributed by atoms with Crippen molar-refractivity contribution < 1.29 is 4.79 Å². The van der Waals surface area contributed by atoms with Crippen LogP contribution in [0.25, 0.3) is 6.08 Å². The Hall–Kier alpha value is -2.66. The summed E-state index contributed by atoms with van der Waals surface area (Å²) < 4.78 is 2.23. The van der Waals surface area contributed by atoms with Crippen LogP contribution in [0.4, 0.5) is 0 Å². The van der Waals surface area contributed by atoms with Gasteiger partial charge in [-0.15, -0.1) is 11.3 Å². The molecule has 0 fully saturated rings. The average Bonchev–Trinajstić information content (AvgIpc) is 3.28. The van der Waals surface area contributed by atoms with Gasteiger partial charge in [-0.3, -0.25) is 4.79 Å². The summed E-state index contributed by atoms with van der Waals surface area (Å²) in [5, 5.41) is 2.97. The number of hydrogen-bond donors (Lipinski definition) is 0. The zero-order chi connectivity index (χ0) is 17.2. The van der Waals surface area contributed by atoms with Crippen molar-refractivity contribution in [2.45, 2.75) is 19.5 Å². The van der Waals surface area contributed by atoms with Gasteiger partial charge in [0.25, 0.3) is 0 Å². The standard InChI is InChI=1S/C20H19N3OS/c1-15-21-17(14-25-15)9-10-19(24)23-13-12-22-11-5-8-18(22)20(23)16-6-3-2-4-7-16/h2-11,14,20H,12-13H2,1H3/b10-9+/t20-/m1/s1. The molecule has 0 bridgehead atoms. The molecule has 1 atom stereocenters. The lowest BCUT2D eigenvalue weighted by Gasteiger charge is -2.36. The Kier molecular flexibility index (Phi) is 4.24. The van der Waals surface area contributed by atoms with E-state index in [0.29, 0.717) is 6.54 Å². The van der Waals surface area contributed by atoms with Crippen molar-refractivity contribution in [3.05, 3.63) is 82.1 Å². The molecule has 0 unspecified atom stereocenters. The van der Waals surface area contributed by atoms with Crippen molar-refractivity contribution >= 4 is 23.3 Å². The predicted octanol–water partition coefficient (Wildman–Crippen LogP) is 3.90. The van der Waals surface area contributed by atoms with Crippen molar-refractivity contribution in [3.63, 3.8) is 0 Å². The van der Waals surface area contributed by atoms with Crippen LogP contribution in [0.5, 0.6) is 0 Å². The van der Waals surface area contributed by atoms with E-state index < -0.39 is 0 Å². The second-order valence-electron chi connectivity index (χ2n) is 6.10. The van der Waals surface area contributed by atoms with Gasteiger partial charge in [-0.25, -0.2) is 4.98 Å². The van der Waals surface area contributed by atoms with Crippen LogP contribution < -0.4 is 0 Å². The van der Waals surface area contributed by atoms with Gasteiger partial charge >= 0.3 is 0 Å². The molecule has 0 saturated heterocycles. The van der Waals surface area contributed by atoms with Crippen LogP contribution in [0.1, 0.15) is 28.0 Å². The minimum Gasteiger partial charge on any atom is -0.348 e. The smallest absolute Gasteiger partial charge is 0.247 e. The molecule has 1 aromatic carbocycles. The number of rotatable bonds is 3. The van der Waals surface area contributed by atoms with E-state index >= 15 is 0 Å². The van der Waals surface area contributed by atoms with E-state index in [1.807, 2.05) is 47.5 Å². The largest absolute Gasteiger partial charge is 0.348 e. The first kappa shape index (κ1) is 15.8. The zero-order valence-electron chi connectivity index (χ0n) is 14.0. The highest BCUT2D eigenvalue weighted by molar-refractivity contribution is 7.09. The average molecular weight is 349 g/mol. The molecule has 25 heavy (non-hydrogen) atoms. The number of hydrogen-bond acceptors (Lipinski definition) is 3. The molecule has 0 aliphatic carbocycles. The molecule has 3 aromatic rings. The van der Waals surface area contributed by atoms with Gasteiger partial charge < -0.3 is 9.47 Å². The first-order valence-electron chi connectivity index (χ1n) is 8.33. The molecular formula is C20H19N3OS. The van der Waals surface area contributed by atoms with Crippen LogP contribution in [-0.2, 0) is 11.3 Å². The molecule has 4 nitrogen and oxygen atoms in total. The van der Waals surface area contributed by atoms with Crippen molar-refractivity contribution in [2.75, 3.05) is 6.54 Å². The Labute approximate surface area is 151 Å². The maximum atomic E-state index is 12.9. The molecule has 2 aromatic heterocycles. The maximum absolute atomic E-state index is 12.9. The monoisotopic (exact) mass is 349 g/mol. The van der Waals surface area contributed by atoms with Gasteiger partial charge in [0, 0.05) is 36.4 Å². The molecule has 0 spiro atoms. The Bertz CT molecular complexity index is 910. The summed E-state index contributed by atoms with van der Waals surface area (Å²) in [4.78, 5) is 19.2. The molecule has 5 heteroatoms. The SMILES string of the molecule is Cc1nc(/C=C/C(=O)N2CCn3cccc3[C@H]2c2ccccc2)cs1. The van der Waals surface area contributed by atoms with Crippen LogP contribution in [0, 0.1) is 6.92 Å². The van der Waals surface area contributed by atoms with E-state index in [0.717, 1.165) is 28.5 Å². The Morgan fingerprint density at radius 2 is 2.04 bits per heavy atom. The lowest BCUT2D eigenvalue weighted by atomic mass is 10.00. The Morgan fingerprint density at radius 1 is 1.20 bits per heavy atom. The molecular weight excluding hydrogens is 330 g/mol. The van der Waals surface area contributed by atoms with Crippen LogP contribution in [0.3, 0.4) is 0 Å². The summed E-state index contributed by atoms with van der Waals surface area (Å²) in [5.41, 5.74) is 3.13. The highest BCUT2D eigenvalue weighted by Crippen LogP contribution is 2.32. The summed E-state index contributed by atoms with van der Waals surface area (Å²) in [7, 11) is 0. The van der Waals surface area contributed by atoms with E-state index in [1.165, 1.54) is 0 Å². The molecule has 0 saturated carbocycles. The highest BCUT2D eigenvalue weighted by Gasteiger charge is 2.30. The van der Waals surface area contributed by atoms with Gasteiger partial charge in [0.15, 0.2) is 0 Å². The van der Waals surface area contributed by atoms with Gasteiger partial charge in [0.05, 0.1) is 16.7 Å². The maximum Gasteiger partial charge on any atom is 0.247 e. The van der Waals surface area contributed by atoms with E-state index in [2.05, 4.69) is 33.9 Å². The summed E-state index contributed by atoms with van der Waals surface area (Å²) in [6.07, 6.45) is 5.53. The van der Waals surface area contributed by atoms with E-state index in [1.54, 1.807) is 17.4 Å². The Morgan fingerprint density at radius 3 is 2.80 bits per heavy atom. The summed E-state index contributed by atoms with van der Waals surface area (Å²) >= 11 is 1.59. The lowest BCUT2D eigenvalue weighted by Crippen LogP contribution is -2.41. The number of amides is 1. The second-order valence-corrected chi connectivity index (χ2v) is 7.16. The molecule has 126 valence electrons. The third-order valence-electron chi connectivity index (χ3n) is 4.47. The third-order valence-corrected chi connectivity index (χ3v) is 5.26. The molecule has 1 amide bonds. The molecule has 0 radical (unpaired) electrons. The summed E-state index contributed by atoms with van der Waals surface area (Å²) in [6.45, 7) is 3.48. The second kappa shape index (κ2) is 6.69. The number of fused-ring (bicyclic) bond motifs is 1. The van der Waals surface area contributed by atoms with Gasteiger partial charge in [-0.2, -0.15) is 0 Å². The molecule has 0 N–H and O–H groups in total. The molecule has 4 rings (SSSR count). The quantitative estimate of drug-likeness (QED) is 0.673. The fraction of sp³-hybridized carbons (Fsp3) is 0.200. The van der Waals surface area contributed by atoms with Crippen molar-refractivity contribution in [3.8, 4) is 0 Å². The van der Waals surface area contributed by atoms with E-state index in [-0.39, 0.29) is 11.9 Å². The Balaban J connectivity index is 1.65. The fourth-order valence-corrected chi connectivity index (χ4v) is 3.90. The zero-order valence-corrected chi connectivity index (χ0v) is 14.8. The van der Waals surface area contributed by atoms with Crippen LogP contribution in [-0.4, -0.2) is 26.9 Å². The number of benzene rings is 1. The van der Waals surface area contributed by atoms with Crippen LogP contribution >= 0.6 is 11.3 Å². The van der Waals surface area contributed by atoms with Crippen LogP contribution in [0.2, 0.25) is 0 Å². The first-order chi connectivity index (χ1) is 12.2. The fourth-order valence-electron chi connectivity index (χ4n) is 3.32. The minimum absolute atomic E-state index is 0.0203. The van der Waals surface area contributed by atoms with Crippen molar-refractivity contribution in [1.82, 2.24) is 14.5 Å². The van der Waals surface area contributed by atoms with Gasteiger partial charge in [-0.1, -0.05) is 30.3 Å². The normalized spacial score (nSPS) is 17.0. The minimum atomic E-state index is -0.0562. The first-order valence-corrected chi connectivity index (χ1v) is 9.21. The van der Waals surface area contributed by atoms with Gasteiger partial charge in [0.2, 0.25) is 5.91 Å². The molecule has 1 aliphatic heterocycles. The number of aryl methyl sites for hydroxylation is 1. The molecule has 3 heterocycles. The number of thiazole rings is 1.